The second-order valence-corrected chi connectivity index (χ2v) is 9.07. The number of aryl methyl sites for hydroxylation is 1. The van der Waals surface area contributed by atoms with Crippen LogP contribution >= 0.6 is 23.2 Å². The van der Waals surface area contributed by atoms with Gasteiger partial charge >= 0.3 is 0 Å². The summed E-state index contributed by atoms with van der Waals surface area (Å²) >= 11 is 12.1. The molecule has 3 aromatic carbocycles. The van der Waals surface area contributed by atoms with Crippen LogP contribution in [-0.2, 0) is 30.8 Å². The summed E-state index contributed by atoms with van der Waals surface area (Å²) in [5.41, 5.74) is 4.47. The Morgan fingerprint density at radius 2 is 1.74 bits per heavy atom. The average Bonchev–Trinajstić information content (AvgIpc) is 2.83. The van der Waals surface area contributed by atoms with Crippen LogP contribution in [0.3, 0.4) is 0 Å². The van der Waals surface area contributed by atoms with Crippen LogP contribution in [-0.4, -0.2) is 35.0 Å². The molecule has 0 aliphatic rings. The average molecular weight is 504 g/mol. The molecule has 5 nitrogen and oxygen atoms in total. The van der Waals surface area contributed by atoms with Gasteiger partial charge in [0.2, 0.25) is 0 Å². The lowest BCUT2D eigenvalue weighted by atomic mass is 10.0. The van der Waals surface area contributed by atoms with E-state index in [1.54, 1.807) is 18.2 Å². The third-order valence-corrected chi connectivity index (χ3v) is 6.18. The molecule has 7 heteroatoms. The lowest BCUT2D eigenvalue weighted by molar-refractivity contribution is 0.118. The summed E-state index contributed by atoms with van der Waals surface area (Å²) in [6.07, 6.45) is 1.84. The Kier molecular flexibility index (Phi) is 10.7. The quantitative estimate of drug-likeness (QED) is 0.241. The minimum atomic E-state index is -0.714. The van der Waals surface area contributed by atoms with Crippen molar-refractivity contribution in [3.63, 3.8) is 0 Å². The van der Waals surface area contributed by atoms with Gasteiger partial charge in [0.15, 0.2) is 0 Å². The third-order valence-electron chi connectivity index (χ3n) is 5.60. The van der Waals surface area contributed by atoms with E-state index in [2.05, 4.69) is 23.5 Å². The molecule has 0 saturated heterocycles. The third kappa shape index (κ3) is 8.27. The van der Waals surface area contributed by atoms with Crippen molar-refractivity contribution in [1.29, 1.82) is 0 Å². The standard InChI is InChI=1S/C27H31Cl2NO4/c28-24-8-6-21(25(29)15-24)5-2-12-34-18-20-4-1-3-19(13-20)10-11-30-16-27(33)22-7-9-26(32)23(14-22)17-31/h1,3-4,6-9,13-15,27,30-33H,2,5,10-12,16-18H2/t27-/m0/s1. The van der Waals surface area contributed by atoms with Crippen LogP contribution in [0.4, 0.5) is 0 Å². The Labute approximate surface area is 210 Å². The van der Waals surface area contributed by atoms with Crippen LogP contribution < -0.4 is 5.32 Å². The largest absolute Gasteiger partial charge is 0.508 e. The molecule has 0 aromatic heterocycles. The van der Waals surface area contributed by atoms with Crippen molar-refractivity contribution in [1.82, 2.24) is 5.32 Å². The van der Waals surface area contributed by atoms with E-state index in [1.165, 1.54) is 11.6 Å². The van der Waals surface area contributed by atoms with Crippen molar-refractivity contribution < 1.29 is 20.1 Å². The molecule has 182 valence electrons. The van der Waals surface area contributed by atoms with Crippen LogP contribution in [0.25, 0.3) is 0 Å². The van der Waals surface area contributed by atoms with Gasteiger partial charge in [-0.3, -0.25) is 0 Å². The number of halogens is 2. The van der Waals surface area contributed by atoms with Crippen molar-refractivity contribution in [2.24, 2.45) is 0 Å². The summed E-state index contributed by atoms with van der Waals surface area (Å²) in [5.74, 6) is 0.0289. The van der Waals surface area contributed by atoms with E-state index in [9.17, 15) is 15.3 Å². The molecular weight excluding hydrogens is 473 g/mol. The Bertz CT molecular complexity index is 1060. The first kappa shape index (κ1) is 26.5. The molecule has 0 heterocycles. The van der Waals surface area contributed by atoms with Crippen molar-refractivity contribution in [3.8, 4) is 5.75 Å². The predicted octanol–water partition coefficient (Wildman–Crippen LogP) is 5.21. The van der Waals surface area contributed by atoms with Crippen LogP contribution in [0, 0.1) is 0 Å². The minimum absolute atomic E-state index is 0.0289. The van der Waals surface area contributed by atoms with Crippen LogP contribution in [0.5, 0.6) is 5.75 Å². The fourth-order valence-corrected chi connectivity index (χ4v) is 4.19. The van der Waals surface area contributed by atoms with Gasteiger partial charge in [0.25, 0.3) is 0 Å². The fourth-order valence-electron chi connectivity index (χ4n) is 3.68. The Balaban J connectivity index is 1.35. The number of benzene rings is 3. The molecule has 34 heavy (non-hydrogen) atoms. The number of phenols is 1. The van der Waals surface area contributed by atoms with Crippen LogP contribution in [0.1, 0.15) is 40.3 Å². The van der Waals surface area contributed by atoms with E-state index in [1.807, 2.05) is 18.2 Å². The molecule has 0 fully saturated rings. The molecule has 4 N–H and O–H groups in total. The number of rotatable bonds is 13. The molecule has 0 bridgehead atoms. The number of aromatic hydroxyl groups is 1. The van der Waals surface area contributed by atoms with Gasteiger partial charge in [-0.2, -0.15) is 0 Å². The van der Waals surface area contributed by atoms with E-state index in [-0.39, 0.29) is 12.4 Å². The first-order chi connectivity index (χ1) is 16.5. The molecule has 3 rings (SSSR count). The lowest BCUT2D eigenvalue weighted by Gasteiger charge is -2.14. The van der Waals surface area contributed by atoms with Crippen LogP contribution in [0.2, 0.25) is 10.0 Å². The fraction of sp³-hybridized carbons (Fsp3) is 0.333. The highest BCUT2D eigenvalue weighted by molar-refractivity contribution is 6.35. The summed E-state index contributed by atoms with van der Waals surface area (Å²) in [7, 11) is 0. The molecule has 0 unspecified atom stereocenters. The van der Waals surface area contributed by atoms with Gasteiger partial charge in [-0.25, -0.2) is 0 Å². The number of aliphatic hydroxyl groups excluding tert-OH is 2. The number of aliphatic hydroxyl groups is 2. The Morgan fingerprint density at radius 1 is 0.912 bits per heavy atom. The first-order valence-corrected chi connectivity index (χ1v) is 12.1. The Morgan fingerprint density at radius 3 is 2.53 bits per heavy atom. The van der Waals surface area contributed by atoms with Gasteiger partial charge < -0.3 is 25.4 Å². The van der Waals surface area contributed by atoms with Crippen LogP contribution in [0.15, 0.2) is 60.7 Å². The summed E-state index contributed by atoms with van der Waals surface area (Å²) in [6.45, 7) is 2.04. The number of nitrogens with one attached hydrogen (secondary N) is 1. The van der Waals surface area contributed by atoms with Gasteiger partial charge in [0, 0.05) is 28.8 Å². The summed E-state index contributed by atoms with van der Waals surface area (Å²) in [6, 6.07) is 18.7. The SMILES string of the molecule is OCc1cc([C@@H](O)CNCCc2cccc(COCCCc3ccc(Cl)cc3Cl)c2)ccc1O. The maximum absolute atomic E-state index is 10.4. The van der Waals surface area contributed by atoms with E-state index in [4.69, 9.17) is 27.9 Å². The van der Waals surface area contributed by atoms with Gasteiger partial charge in [-0.15, -0.1) is 0 Å². The molecule has 0 radical (unpaired) electrons. The second-order valence-electron chi connectivity index (χ2n) is 8.23. The molecule has 0 amide bonds. The zero-order valence-electron chi connectivity index (χ0n) is 19.0. The normalized spacial score (nSPS) is 12.1. The molecule has 0 aliphatic heterocycles. The van der Waals surface area contributed by atoms with Crippen molar-refractivity contribution in [2.75, 3.05) is 19.7 Å². The lowest BCUT2D eigenvalue weighted by Crippen LogP contribution is -2.23. The van der Waals surface area contributed by atoms with E-state index in [0.717, 1.165) is 30.4 Å². The highest BCUT2D eigenvalue weighted by atomic mass is 35.5. The number of hydrogen-bond donors (Lipinski definition) is 4. The minimum Gasteiger partial charge on any atom is -0.508 e. The number of hydrogen-bond acceptors (Lipinski definition) is 5. The molecule has 0 spiro atoms. The van der Waals surface area contributed by atoms with Gasteiger partial charge in [0.1, 0.15) is 5.75 Å². The van der Waals surface area contributed by atoms with Crippen molar-refractivity contribution in [2.45, 2.75) is 38.6 Å². The second kappa shape index (κ2) is 13.7. The number of ether oxygens (including phenoxy) is 1. The molecule has 3 aromatic rings. The highest BCUT2D eigenvalue weighted by Gasteiger charge is 2.10. The topological polar surface area (TPSA) is 82.0 Å². The zero-order valence-corrected chi connectivity index (χ0v) is 20.5. The first-order valence-electron chi connectivity index (χ1n) is 11.4. The molecule has 0 saturated carbocycles. The zero-order chi connectivity index (χ0) is 24.3. The van der Waals surface area contributed by atoms with Crippen molar-refractivity contribution in [3.05, 3.63) is 98.5 Å². The summed E-state index contributed by atoms with van der Waals surface area (Å²) in [4.78, 5) is 0. The van der Waals surface area contributed by atoms with Gasteiger partial charge in [-0.1, -0.05) is 59.6 Å². The smallest absolute Gasteiger partial charge is 0.121 e. The van der Waals surface area contributed by atoms with Crippen molar-refractivity contribution >= 4 is 23.2 Å². The maximum atomic E-state index is 10.4. The summed E-state index contributed by atoms with van der Waals surface area (Å²) < 4.78 is 5.84. The van der Waals surface area contributed by atoms with E-state index in [0.29, 0.717) is 47.5 Å². The molecule has 0 aliphatic carbocycles. The van der Waals surface area contributed by atoms with Gasteiger partial charge in [-0.05, 0) is 72.3 Å². The molecule has 1 atom stereocenters. The maximum Gasteiger partial charge on any atom is 0.121 e. The highest BCUT2D eigenvalue weighted by Crippen LogP contribution is 2.23. The van der Waals surface area contributed by atoms with E-state index >= 15 is 0 Å². The predicted molar refractivity (Wildman–Crippen MR) is 136 cm³/mol. The monoisotopic (exact) mass is 503 g/mol. The van der Waals surface area contributed by atoms with E-state index < -0.39 is 6.10 Å². The summed E-state index contributed by atoms with van der Waals surface area (Å²) in [5, 5.41) is 33.9. The Hall–Kier alpha value is -2.12. The van der Waals surface area contributed by atoms with Gasteiger partial charge in [0.05, 0.1) is 19.3 Å². The molecular formula is C27H31Cl2NO4.